The Morgan fingerprint density at radius 1 is 0.938 bits per heavy atom. The van der Waals surface area contributed by atoms with Crippen molar-refractivity contribution in [3.63, 3.8) is 0 Å². The molecule has 1 amide bonds. The summed E-state index contributed by atoms with van der Waals surface area (Å²) in [6.07, 6.45) is 0. The smallest absolute Gasteiger partial charge is 0.300 e. The van der Waals surface area contributed by atoms with Crippen LogP contribution in [-0.4, -0.2) is 31.0 Å². The van der Waals surface area contributed by atoms with Gasteiger partial charge in [-0.15, -0.1) is 0 Å². The number of ether oxygens (including phenoxy) is 2. The monoisotopic (exact) mass is 449 g/mol. The van der Waals surface area contributed by atoms with Crippen LogP contribution >= 0.6 is 11.6 Å². The number of Topliss-reactive ketones (excluding diaryl/α,β-unsaturated/α-hetero) is 1. The molecule has 1 aliphatic rings. The van der Waals surface area contributed by atoms with Gasteiger partial charge in [0.15, 0.2) is 0 Å². The summed E-state index contributed by atoms with van der Waals surface area (Å²) in [5.74, 6) is -1.04. The van der Waals surface area contributed by atoms with Gasteiger partial charge in [0.2, 0.25) is 0 Å². The summed E-state index contributed by atoms with van der Waals surface area (Å²) in [5, 5.41) is 11.5. The molecule has 0 aromatic heterocycles. The fourth-order valence-electron chi connectivity index (χ4n) is 3.83. The normalized spacial score (nSPS) is 17.5. The van der Waals surface area contributed by atoms with Crippen LogP contribution in [0.4, 0.5) is 5.69 Å². The van der Waals surface area contributed by atoms with Gasteiger partial charge in [0.05, 0.1) is 30.9 Å². The Balaban J connectivity index is 2.01. The molecule has 162 valence electrons. The zero-order chi connectivity index (χ0) is 22.8. The van der Waals surface area contributed by atoms with Crippen LogP contribution in [0.5, 0.6) is 11.5 Å². The SMILES string of the molecule is COc1ccc(Cl)c(/C(O)=C2\C(=O)C(=O)N(c3ccccc3)C2c2ccccc2OC)c1. The summed E-state index contributed by atoms with van der Waals surface area (Å²) in [5.41, 5.74) is 1.18. The van der Waals surface area contributed by atoms with E-state index < -0.39 is 17.7 Å². The molecule has 1 saturated heterocycles. The predicted molar refractivity (Wildman–Crippen MR) is 122 cm³/mol. The minimum atomic E-state index is -0.921. The first-order valence-electron chi connectivity index (χ1n) is 9.80. The van der Waals surface area contributed by atoms with Crippen molar-refractivity contribution >= 4 is 34.7 Å². The Kier molecular flexibility index (Phi) is 5.88. The Morgan fingerprint density at radius 3 is 2.31 bits per heavy atom. The van der Waals surface area contributed by atoms with Gasteiger partial charge in [-0.1, -0.05) is 48.0 Å². The van der Waals surface area contributed by atoms with Crippen LogP contribution in [0.2, 0.25) is 5.02 Å². The van der Waals surface area contributed by atoms with Crippen molar-refractivity contribution in [3.8, 4) is 11.5 Å². The third-order valence-corrected chi connectivity index (χ3v) is 5.67. The molecule has 32 heavy (non-hydrogen) atoms. The van der Waals surface area contributed by atoms with Crippen LogP contribution in [0, 0.1) is 0 Å². The molecule has 0 saturated carbocycles. The molecule has 3 aromatic rings. The first-order valence-corrected chi connectivity index (χ1v) is 10.2. The van der Waals surface area contributed by atoms with Gasteiger partial charge in [-0.3, -0.25) is 14.5 Å². The zero-order valence-electron chi connectivity index (χ0n) is 17.4. The van der Waals surface area contributed by atoms with E-state index in [2.05, 4.69) is 0 Å². The highest BCUT2D eigenvalue weighted by molar-refractivity contribution is 6.52. The van der Waals surface area contributed by atoms with E-state index >= 15 is 0 Å². The van der Waals surface area contributed by atoms with Gasteiger partial charge in [-0.25, -0.2) is 0 Å². The summed E-state index contributed by atoms with van der Waals surface area (Å²) < 4.78 is 10.7. The number of carbonyl (C=O) groups excluding carboxylic acids is 2. The van der Waals surface area contributed by atoms with Gasteiger partial charge in [0.25, 0.3) is 11.7 Å². The van der Waals surface area contributed by atoms with Crippen molar-refractivity contribution in [1.82, 2.24) is 0 Å². The number of carbonyl (C=O) groups is 2. The van der Waals surface area contributed by atoms with E-state index in [-0.39, 0.29) is 21.9 Å². The van der Waals surface area contributed by atoms with E-state index in [4.69, 9.17) is 21.1 Å². The third-order valence-electron chi connectivity index (χ3n) is 5.34. The number of aliphatic hydroxyl groups is 1. The second-order valence-corrected chi connectivity index (χ2v) is 7.50. The van der Waals surface area contributed by atoms with E-state index in [0.29, 0.717) is 22.7 Å². The number of para-hydroxylation sites is 2. The number of halogens is 1. The molecular weight excluding hydrogens is 430 g/mol. The van der Waals surface area contributed by atoms with E-state index in [1.165, 1.54) is 25.2 Å². The van der Waals surface area contributed by atoms with E-state index in [9.17, 15) is 14.7 Å². The maximum Gasteiger partial charge on any atom is 0.300 e. The number of nitrogens with zero attached hydrogens (tertiary/aromatic N) is 1. The lowest BCUT2D eigenvalue weighted by molar-refractivity contribution is -0.132. The molecular formula is C25H20ClNO5. The largest absolute Gasteiger partial charge is 0.507 e. The van der Waals surface area contributed by atoms with E-state index in [1.807, 2.05) is 6.07 Å². The Labute approximate surface area is 190 Å². The minimum absolute atomic E-state index is 0.0847. The predicted octanol–water partition coefficient (Wildman–Crippen LogP) is 4.98. The van der Waals surface area contributed by atoms with Crippen molar-refractivity contribution in [1.29, 1.82) is 0 Å². The number of ketones is 1. The van der Waals surface area contributed by atoms with Crippen molar-refractivity contribution in [2.75, 3.05) is 19.1 Å². The lowest BCUT2D eigenvalue weighted by Crippen LogP contribution is -2.29. The molecule has 0 bridgehead atoms. The molecule has 0 spiro atoms. The highest BCUT2D eigenvalue weighted by Crippen LogP contribution is 2.45. The van der Waals surface area contributed by atoms with Crippen LogP contribution in [0.15, 0.2) is 78.4 Å². The molecule has 3 aromatic carbocycles. The maximum absolute atomic E-state index is 13.2. The second kappa shape index (κ2) is 8.77. The zero-order valence-corrected chi connectivity index (χ0v) is 18.2. The first kappa shape index (κ1) is 21.5. The number of hydrogen-bond acceptors (Lipinski definition) is 5. The van der Waals surface area contributed by atoms with Gasteiger partial charge in [-0.05, 0) is 36.4 Å². The Hall–Kier alpha value is -3.77. The quantitative estimate of drug-likeness (QED) is 0.337. The lowest BCUT2D eigenvalue weighted by atomic mass is 9.94. The van der Waals surface area contributed by atoms with E-state index in [0.717, 1.165) is 0 Å². The summed E-state index contributed by atoms with van der Waals surface area (Å²) >= 11 is 6.33. The van der Waals surface area contributed by atoms with Crippen LogP contribution < -0.4 is 14.4 Å². The fraction of sp³-hybridized carbons (Fsp3) is 0.120. The minimum Gasteiger partial charge on any atom is -0.507 e. The molecule has 1 fully saturated rings. The first-order chi connectivity index (χ1) is 15.5. The highest BCUT2D eigenvalue weighted by atomic mass is 35.5. The summed E-state index contributed by atoms with van der Waals surface area (Å²) in [4.78, 5) is 27.8. The molecule has 7 heteroatoms. The topological polar surface area (TPSA) is 76.1 Å². The van der Waals surface area contributed by atoms with Crippen LogP contribution in [-0.2, 0) is 9.59 Å². The van der Waals surface area contributed by atoms with Crippen LogP contribution in [0.1, 0.15) is 17.2 Å². The van der Waals surface area contributed by atoms with Crippen LogP contribution in [0.25, 0.3) is 5.76 Å². The molecule has 1 heterocycles. The Bertz CT molecular complexity index is 1220. The van der Waals surface area contributed by atoms with Crippen molar-refractivity contribution in [3.05, 3.63) is 94.5 Å². The third kappa shape index (κ3) is 3.59. The molecule has 1 atom stereocenters. The van der Waals surface area contributed by atoms with Gasteiger partial charge < -0.3 is 14.6 Å². The fourth-order valence-corrected chi connectivity index (χ4v) is 4.04. The molecule has 0 aliphatic carbocycles. The number of rotatable bonds is 5. The van der Waals surface area contributed by atoms with Gasteiger partial charge >= 0.3 is 0 Å². The van der Waals surface area contributed by atoms with Crippen molar-refractivity contribution < 1.29 is 24.2 Å². The summed E-state index contributed by atoms with van der Waals surface area (Å²) in [7, 11) is 2.99. The standard InChI is InChI=1S/C25H20ClNO5/c1-31-16-12-13-19(26)18(14-16)23(28)21-22(17-10-6-7-11-20(17)32-2)27(25(30)24(21)29)15-8-4-3-5-9-15/h3-14,22,28H,1-2H3/b23-21+. The molecule has 1 unspecified atom stereocenters. The van der Waals surface area contributed by atoms with Gasteiger partial charge in [-0.2, -0.15) is 0 Å². The number of hydrogen-bond donors (Lipinski definition) is 1. The summed E-state index contributed by atoms with van der Waals surface area (Å²) in [6, 6.07) is 19.7. The van der Waals surface area contributed by atoms with Crippen molar-refractivity contribution in [2.45, 2.75) is 6.04 Å². The highest BCUT2D eigenvalue weighted by Gasteiger charge is 2.48. The number of amides is 1. The second-order valence-electron chi connectivity index (χ2n) is 7.09. The molecule has 4 rings (SSSR count). The number of aliphatic hydroxyl groups excluding tert-OH is 1. The van der Waals surface area contributed by atoms with Crippen molar-refractivity contribution in [2.24, 2.45) is 0 Å². The Morgan fingerprint density at radius 2 is 1.62 bits per heavy atom. The lowest BCUT2D eigenvalue weighted by Gasteiger charge is -2.26. The molecule has 1 aliphatic heterocycles. The van der Waals surface area contributed by atoms with E-state index in [1.54, 1.807) is 60.7 Å². The number of anilines is 1. The average Bonchev–Trinajstić information content (AvgIpc) is 3.09. The summed E-state index contributed by atoms with van der Waals surface area (Å²) in [6.45, 7) is 0. The molecule has 1 N–H and O–H groups in total. The van der Waals surface area contributed by atoms with Gasteiger partial charge in [0, 0.05) is 16.8 Å². The number of methoxy groups -OCH3 is 2. The maximum atomic E-state index is 13.2. The number of benzene rings is 3. The average molecular weight is 450 g/mol. The molecule has 0 radical (unpaired) electrons. The van der Waals surface area contributed by atoms with Gasteiger partial charge in [0.1, 0.15) is 17.3 Å². The van der Waals surface area contributed by atoms with Crippen LogP contribution in [0.3, 0.4) is 0 Å². The molecule has 6 nitrogen and oxygen atoms in total.